The first-order chi connectivity index (χ1) is 18.5. The van der Waals surface area contributed by atoms with Gasteiger partial charge in [-0.25, -0.2) is 4.79 Å². The average Bonchev–Trinajstić information content (AvgIpc) is 2.84. The zero-order chi connectivity index (χ0) is 30.3. The molecule has 40 heavy (non-hydrogen) atoms. The summed E-state index contributed by atoms with van der Waals surface area (Å²) in [6, 6.07) is 12.3. The minimum Gasteiger partial charge on any atom is -0.444 e. The lowest BCUT2D eigenvalue weighted by molar-refractivity contribution is -0.147. The smallest absolute Gasteiger partial charge is 0.408 e. The Bertz CT molecular complexity index is 1240. The number of para-hydroxylation sites is 1. The van der Waals surface area contributed by atoms with Crippen molar-refractivity contribution in [3.8, 4) is 0 Å². The van der Waals surface area contributed by atoms with E-state index in [1.54, 1.807) is 71.9 Å². The van der Waals surface area contributed by atoms with E-state index in [1.807, 2.05) is 31.2 Å². The number of hydrogen-bond acceptors (Lipinski definition) is 5. The van der Waals surface area contributed by atoms with E-state index in [0.717, 1.165) is 11.1 Å². The molecule has 0 fully saturated rings. The number of anilines is 1. The number of nitrogens with zero attached hydrogens (tertiary/aromatic N) is 1. The largest absolute Gasteiger partial charge is 0.444 e. The van der Waals surface area contributed by atoms with Crippen molar-refractivity contribution >= 4 is 35.6 Å². The third kappa shape index (κ3) is 9.25. The number of primary amides is 1. The maximum atomic E-state index is 14.3. The van der Waals surface area contributed by atoms with Gasteiger partial charge in [-0.3, -0.25) is 14.4 Å². The predicted molar refractivity (Wildman–Crippen MR) is 157 cm³/mol. The summed E-state index contributed by atoms with van der Waals surface area (Å²) in [5, 5.41) is 5.57. The molecule has 2 rings (SSSR count). The van der Waals surface area contributed by atoms with Crippen molar-refractivity contribution in [3.05, 3.63) is 71.8 Å². The van der Waals surface area contributed by atoms with Crippen molar-refractivity contribution in [2.75, 3.05) is 5.32 Å². The standard InChI is InChI=1S/C31H42N4O5/c1-9-21-14-12-15-22(19-21)26(27(37)33-23-16-11-10-13-20(23)2)35(30(3,4)5)28(38)24(17-18-25(32)36)34-29(39)40-31(6,7)8/h9-16,19,24,26H,1,17-18H2,2-8H3,(H2,32,36)(H,33,37)(H,34,39). The highest BCUT2D eigenvalue weighted by Crippen LogP contribution is 2.32. The summed E-state index contributed by atoms with van der Waals surface area (Å²) < 4.78 is 5.38. The summed E-state index contributed by atoms with van der Waals surface area (Å²) in [5.41, 5.74) is 6.46. The quantitative estimate of drug-likeness (QED) is 0.379. The molecular weight excluding hydrogens is 508 g/mol. The molecule has 9 heteroatoms. The van der Waals surface area contributed by atoms with E-state index in [9.17, 15) is 19.2 Å². The summed E-state index contributed by atoms with van der Waals surface area (Å²) in [6.45, 7) is 16.2. The molecule has 2 atom stereocenters. The Morgan fingerprint density at radius 1 is 1.02 bits per heavy atom. The molecule has 0 spiro atoms. The van der Waals surface area contributed by atoms with Crippen LogP contribution in [0.15, 0.2) is 55.1 Å². The van der Waals surface area contributed by atoms with Gasteiger partial charge in [-0.1, -0.05) is 49.1 Å². The number of aryl methyl sites for hydroxylation is 1. The van der Waals surface area contributed by atoms with Crippen LogP contribution < -0.4 is 16.4 Å². The Morgan fingerprint density at radius 2 is 1.68 bits per heavy atom. The van der Waals surface area contributed by atoms with E-state index >= 15 is 0 Å². The number of amides is 4. The lowest BCUT2D eigenvalue weighted by atomic mass is 9.93. The fourth-order valence-electron chi connectivity index (χ4n) is 4.19. The monoisotopic (exact) mass is 550 g/mol. The Balaban J connectivity index is 2.64. The average molecular weight is 551 g/mol. The fraction of sp³-hybridized carbons (Fsp3) is 0.419. The van der Waals surface area contributed by atoms with Gasteiger partial charge in [-0.05, 0) is 83.7 Å². The zero-order valence-electron chi connectivity index (χ0n) is 24.5. The molecule has 2 unspecified atom stereocenters. The highest BCUT2D eigenvalue weighted by Gasteiger charge is 2.42. The minimum atomic E-state index is -1.18. The van der Waals surface area contributed by atoms with Gasteiger partial charge in [0.25, 0.3) is 5.91 Å². The first-order valence-electron chi connectivity index (χ1n) is 13.2. The van der Waals surface area contributed by atoms with Gasteiger partial charge in [0, 0.05) is 17.6 Å². The highest BCUT2D eigenvalue weighted by atomic mass is 16.6. The van der Waals surface area contributed by atoms with Crippen molar-refractivity contribution in [3.63, 3.8) is 0 Å². The molecule has 4 N–H and O–H groups in total. The number of nitrogens with two attached hydrogens (primary N) is 1. The molecule has 0 saturated carbocycles. The van der Waals surface area contributed by atoms with Crippen LogP contribution in [0.2, 0.25) is 0 Å². The van der Waals surface area contributed by atoms with Gasteiger partial charge in [-0.15, -0.1) is 0 Å². The second kappa shape index (κ2) is 13.3. The molecule has 0 aliphatic heterocycles. The van der Waals surface area contributed by atoms with Gasteiger partial charge in [-0.2, -0.15) is 0 Å². The molecule has 0 heterocycles. The second-order valence-electron chi connectivity index (χ2n) is 11.7. The Kier molecular flexibility index (Phi) is 10.6. The molecule has 0 aromatic heterocycles. The van der Waals surface area contributed by atoms with Gasteiger partial charge in [0.05, 0.1) is 0 Å². The van der Waals surface area contributed by atoms with Crippen molar-refractivity contribution in [1.29, 1.82) is 0 Å². The topological polar surface area (TPSA) is 131 Å². The van der Waals surface area contributed by atoms with Gasteiger partial charge in [0.1, 0.15) is 17.7 Å². The molecule has 0 saturated heterocycles. The number of benzene rings is 2. The number of carbonyl (C=O) groups is 4. The highest BCUT2D eigenvalue weighted by molar-refractivity contribution is 5.99. The molecule has 2 aromatic rings. The van der Waals surface area contributed by atoms with E-state index in [0.29, 0.717) is 11.3 Å². The predicted octanol–water partition coefficient (Wildman–Crippen LogP) is 5.10. The van der Waals surface area contributed by atoms with Crippen LogP contribution in [0.25, 0.3) is 6.08 Å². The maximum Gasteiger partial charge on any atom is 0.408 e. The van der Waals surface area contributed by atoms with Crippen molar-refractivity contribution in [2.24, 2.45) is 5.73 Å². The maximum absolute atomic E-state index is 14.3. The molecule has 4 amide bonds. The summed E-state index contributed by atoms with van der Waals surface area (Å²) in [6.07, 6.45) is 0.608. The van der Waals surface area contributed by atoms with Gasteiger partial charge in [0.2, 0.25) is 11.8 Å². The summed E-state index contributed by atoms with van der Waals surface area (Å²) in [7, 11) is 0. The number of ether oxygens (including phenoxy) is 1. The van der Waals surface area contributed by atoms with Crippen LogP contribution in [0.3, 0.4) is 0 Å². The number of nitrogens with one attached hydrogen (secondary N) is 2. The van der Waals surface area contributed by atoms with Crippen LogP contribution in [0.1, 0.15) is 77.1 Å². The van der Waals surface area contributed by atoms with Crippen LogP contribution in [-0.2, 0) is 19.1 Å². The third-order valence-corrected chi connectivity index (χ3v) is 6.00. The molecule has 9 nitrogen and oxygen atoms in total. The van der Waals surface area contributed by atoms with Crippen LogP contribution in [0, 0.1) is 6.92 Å². The van der Waals surface area contributed by atoms with Crippen molar-refractivity contribution < 1.29 is 23.9 Å². The van der Waals surface area contributed by atoms with Crippen molar-refractivity contribution in [1.82, 2.24) is 10.2 Å². The van der Waals surface area contributed by atoms with Crippen LogP contribution in [-0.4, -0.2) is 45.9 Å². The minimum absolute atomic E-state index is 0.0706. The Hall–Kier alpha value is -4.14. The molecule has 0 aliphatic rings. The second-order valence-corrected chi connectivity index (χ2v) is 11.7. The van der Waals surface area contributed by atoms with E-state index in [2.05, 4.69) is 17.2 Å². The molecular formula is C31H42N4O5. The Morgan fingerprint density at radius 3 is 2.23 bits per heavy atom. The number of rotatable bonds is 10. The lowest BCUT2D eigenvalue weighted by Crippen LogP contribution is -2.58. The normalized spacial score (nSPS) is 13.0. The third-order valence-electron chi connectivity index (χ3n) is 6.00. The van der Waals surface area contributed by atoms with Gasteiger partial charge < -0.3 is 26.0 Å². The summed E-state index contributed by atoms with van der Waals surface area (Å²) in [4.78, 5) is 54.1. The van der Waals surface area contributed by atoms with E-state index in [4.69, 9.17) is 10.5 Å². The number of carbonyl (C=O) groups excluding carboxylic acids is 4. The molecule has 2 aromatic carbocycles. The first kappa shape index (κ1) is 32.1. The van der Waals surface area contributed by atoms with Crippen LogP contribution in [0.5, 0.6) is 0 Å². The van der Waals surface area contributed by atoms with Crippen molar-refractivity contribution in [2.45, 2.75) is 84.5 Å². The molecule has 0 bridgehead atoms. The SMILES string of the molecule is C=Cc1cccc(C(C(=O)Nc2ccccc2C)N(C(=O)C(CCC(N)=O)NC(=O)OC(C)(C)C)C(C)(C)C)c1. The number of alkyl carbamates (subject to hydrolysis) is 1. The molecule has 0 aliphatic carbocycles. The van der Waals surface area contributed by atoms with Crippen LogP contribution in [0.4, 0.5) is 10.5 Å². The van der Waals surface area contributed by atoms with E-state index in [-0.39, 0.29) is 12.8 Å². The molecule has 216 valence electrons. The van der Waals surface area contributed by atoms with Gasteiger partial charge in [0.15, 0.2) is 0 Å². The Labute approximate surface area is 237 Å². The summed E-state index contributed by atoms with van der Waals surface area (Å²) >= 11 is 0. The lowest BCUT2D eigenvalue weighted by Gasteiger charge is -2.43. The van der Waals surface area contributed by atoms with Crippen LogP contribution >= 0.6 is 0 Å². The molecule has 0 radical (unpaired) electrons. The first-order valence-corrected chi connectivity index (χ1v) is 13.2. The van der Waals surface area contributed by atoms with E-state index in [1.165, 1.54) is 4.90 Å². The zero-order valence-corrected chi connectivity index (χ0v) is 24.5. The number of hydrogen-bond donors (Lipinski definition) is 3. The van der Waals surface area contributed by atoms with E-state index < -0.39 is 47.0 Å². The van der Waals surface area contributed by atoms with Gasteiger partial charge >= 0.3 is 6.09 Å². The summed E-state index contributed by atoms with van der Waals surface area (Å²) in [5.74, 6) is -1.63. The fourth-order valence-corrected chi connectivity index (χ4v) is 4.19.